The maximum absolute atomic E-state index is 14.2. The zero-order chi connectivity index (χ0) is 16.5. The van der Waals surface area contributed by atoms with Crippen molar-refractivity contribution in [2.24, 2.45) is 0 Å². The number of hydrogen-bond donors (Lipinski definition) is 1. The smallest absolute Gasteiger partial charge is 0.432 e. The summed E-state index contributed by atoms with van der Waals surface area (Å²) in [4.78, 5) is 16.9. The number of nitrogens with zero attached hydrogens (tertiary/aromatic N) is 1. The SMILES string of the molecule is COC(=O)c1cc(F)c(-c2ncc(C(F)(F)F)[nH]2)c(OC)c1. The van der Waals surface area contributed by atoms with Crippen LogP contribution in [0.5, 0.6) is 5.75 Å². The first-order valence-electron chi connectivity index (χ1n) is 5.86. The van der Waals surface area contributed by atoms with Crippen molar-refractivity contribution in [1.29, 1.82) is 0 Å². The summed E-state index contributed by atoms with van der Waals surface area (Å²) in [6.45, 7) is 0. The number of halogens is 4. The molecular formula is C13H10F4N2O3. The van der Waals surface area contributed by atoms with Crippen molar-refractivity contribution < 1.29 is 31.8 Å². The van der Waals surface area contributed by atoms with E-state index in [1.54, 1.807) is 0 Å². The van der Waals surface area contributed by atoms with Crippen LogP contribution in [0.3, 0.4) is 0 Å². The van der Waals surface area contributed by atoms with Crippen molar-refractivity contribution >= 4 is 5.97 Å². The molecule has 0 amide bonds. The van der Waals surface area contributed by atoms with E-state index in [-0.39, 0.29) is 22.7 Å². The summed E-state index contributed by atoms with van der Waals surface area (Å²) in [5.41, 5.74) is -1.57. The molecule has 0 atom stereocenters. The van der Waals surface area contributed by atoms with Gasteiger partial charge in [-0.05, 0) is 12.1 Å². The lowest BCUT2D eigenvalue weighted by Crippen LogP contribution is -2.06. The summed E-state index contributed by atoms with van der Waals surface area (Å²) in [6.07, 6.45) is -4.09. The van der Waals surface area contributed by atoms with E-state index in [2.05, 4.69) is 9.72 Å². The van der Waals surface area contributed by atoms with Gasteiger partial charge in [0.05, 0.1) is 31.5 Å². The van der Waals surface area contributed by atoms with Crippen LogP contribution in [0.1, 0.15) is 16.1 Å². The molecule has 118 valence electrons. The maximum Gasteiger partial charge on any atom is 0.432 e. The zero-order valence-corrected chi connectivity index (χ0v) is 11.4. The molecule has 0 spiro atoms. The number of imidazole rings is 1. The van der Waals surface area contributed by atoms with Gasteiger partial charge in [0.25, 0.3) is 0 Å². The predicted molar refractivity (Wildman–Crippen MR) is 66.9 cm³/mol. The highest BCUT2D eigenvalue weighted by Gasteiger charge is 2.33. The average Bonchev–Trinajstić information content (AvgIpc) is 2.94. The molecule has 2 rings (SSSR count). The standard InChI is InChI=1S/C13H10F4N2O3/c1-21-8-4-6(12(20)22-2)3-7(14)10(8)11-18-5-9(19-11)13(15,16)17/h3-5H,1-2H3,(H,18,19). The number of nitrogens with one attached hydrogen (secondary N) is 1. The molecule has 0 saturated heterocycles. The molecular weight excluding hydrogens is 308 g/mol. The number of aromatic nitrogens is 2. The molecule has 0 unspecified atom stereocenters. The highest BCUT2D eigenvalue weighted by atomic mass is 19.4. The lowest BCUT2D eigenvalue weighted by molar-refractivity contribution is -0.140. The van der Waals surface area contributed by atoms with Gasteiger partial charge in [-0.2, -0.15) is 13.2 Å². The highest BCUT2D eigenvalue weighted by molar-refractivity contribution is 5.91. The first-order valence-corrected chi connectivity index (χ1v) is 5.86. The van der Waals surface area contributed by atoms with Gasteiger partial charge in [-0.1, -0.05) is 0 Å². The van der Waals surface area contributed by atoms with Gasteiger partial charge in [-0.3, -0.25) is 0 Å². The Balaban J connectivity index is 2.55. The number of methoxy groups -OCH3 is 2. The normalized spacial score (nSPS) is 11.4. The van der Waals surface area contributed by atoms with Crippen molar-refractivity contribution in [2.75, 3.05) is 14.2 Å². The van der Waals surface area contributed by atoms with Gasteiger partial charge in [-0.25, -0.2) is 14.2 Å². The average molecular weight is 318 g/mol. The molecule has 22 heavy (non-hydrogen) atoms. The van der Waals surface area contributed by atoms with Crippen LogP contribution in [-0.2, 0) is 10.9 Å². The number of carbonyl (C=O) groups excluding carboxylic acids is 1. The third-order valence-corrected chi connectivity index (χ3v) is 2.81. The lowest BCUT2D eigenvalue weighted by atomic mass is 10.1. The van der Waals surface area contributed by atoms with E-state index in [9.17, 15) is 22.4 Å². The summed E-state index contributed by atoms with van der Waals surface area (Å²) in [5.74, 6) is -2.29. The fraction of sp³-hybridized carbons (Fsp3) is 0.231. The van der Waals surface area contributed by atoms with E-state index < -0.39 is 23.7 Å². The van der Waals surface area contributed by atoms with Crippen LogP contribution in [0.25, 0.3) is 11.4 Å². The molecule has 0 bridgehead atoms. The van der Waals surface area contributed by atoms with Gasteiger partial charge in [0.15, 0.2) is 0 Å². The number of carbonyl (C=O) groups is 1. The molecule has 0 aliphatic rings. The Hall–Kier alpha value is -2.58. The summed E-state index contributed by atoms with van der Waals surface area (Å²) in [5, 5.41) is 0. The van der Waals surface area contributed by atoms with E-state index in [0.717, 1.165) is 19.2 Å². The molecule has 0 radical (unpaired) electrons. The summed E-state index contributed by atoms with van der Waals surface area (Å²) < 4.78 is 61.2. The largest absolute Gasteiger partial charge is 0.496 e. The fourth-order valence-electron chi connectivity index (χ4n) is 1.80. The van der Waals surface area contributed by atoms with Gasteiger partial charge >= 0.3 is 12.1 Å². The quantitative estimate of drug-likeness (QED) is 0.698. The van der Waals surface area contributed by atoms with Crippen LogP contribution in [-0.4, -0.2) is 30.2 Å². The van der Waals surface area contributed by atoms with Gasteiger partial charge < -0.3 is 14.5 Å². The van der Waals surface area contributed by atoms with Crippen LogP contribution in [0.15, 0.2) is 18.3 Å². The predicted octanol–water partition coefficient (Wildman–Crippen LogP) is 3.03. The van der Waals surface area contributed by atoms with E-state index in [4.69, 9.17) is 4.74 Å². The van der Waals surface area contributed by atoms with E-state index in [0.29, 0.717) is 6.20 Å². The van der Waals surface area contributed by atoms with E-state index >= 15 is 0 Å². The van der Waals surface area contributed by atoms with Crippen LogP contribution < -0.4 is 4.74 Å². The minimum Gasteiger partial charge on any atom is -0.496 e. The third kappa shape index (κ3) is 2.87. The number of ether oxygens (including phenoxy) is 2. The minimum atomic E-state index is -4.64. The molecule has 0 saturated carbocycles. The third-order valence-electron chi connectivity index (χ3n) is 2.81. The second-order valence-electron chi connectivity index (χ2n) is 4.17. The second-order valence-corrected chi connectivity index (χ2v) is 4.17. The maximum atomic E-state index is 14.2. The van der Waals surface area contributed by atoms with E-state index in [1.807, 2.05) is 4.98 Å². The van der Waals surface area contributed by atoms with Crippen molar-refractivity contribution in [1.82, 2.24) is 9.97 Å². The Kier molecular flexibility index (Phi) is 4.07. The van der Waals surface area contributed by atoms with Crippen LogP contribution in [0.2, 0.25) is 0 Å². The Labute approximate surface area is 121 Å². The number of esters is 1. The number of alkyl halides is 3. The van der Waals surface area contributed by atoms with Gasteiger partial charge in [-0.15, -0.1) is 0 Å². The van der Waals surface area contributed by atoms with Crippen molar-refractivity contribution in [3.8, 4) is 17.1 Å². The molecule has 0 fully saturated rings. The summed E-state index contributed by atoms with van der Waals surface area (Å²) in [7, 11) is 2.30. The Morgan fingerprint density at radius 3 is 2.45 bits per heavy atom. The summed E-state index contributed by atoms with van der Waals surface area (Å²) in [6, 6.07) is 1.99. The monoisotopic (exact) mass is 318 g/mol. The molecule has 0 aliphatic carbocycles. The number of hydrogen-bond acceptors (Lipinski definition) is 4. The van der Waals surface area contributed by atoms with Crippen LogP contribution in [0.4, 0.5) is 17.6 Å². The van der Waals surface area contributed by atoms with Crippen LogP contribution >= 0.6 is 0 Å². The summed E-state index contributed by atoms with van der Waals surface area (Å²) >= 11 is 0. The van der Waals surface area contributed by atoms with Gasteiger partial charge in [0, 0.05) is 0 Å². The van der Waals surface area contributed by atoms with Gasteiger partial charge in [0.1, 0.15) is 23.1 Å². The highest BCUT2D eigenvalue weighted by Crippen LogP contribution is 2.35. The van der Waals surface area contributed by atoms with Crippen LogP contribution in [0, 0.1) is 5.82 Å². The Morgan fingerprint density at radius 1 is 1.27 bits per heavy atom. The first-order chi connectivity index (χ1) is 10.3. The minimum absolute atomic E-state index is 0.136. The molecule has 1 aromatic carbocycles. The fourth-order valence-corrected chi connectivity index (χ4v) is 1.80. The van der Waals surface area contributed by atoms with Crippen molar-refractivity contribution in [3.63, 3.8) is 0 Å². The molecule has 1 aromatic heterocycles. The molecule has 1 N–H and O–H groups in total. The number of rotatable bonds is 3. The molecule has 1 heterocycles. The number of H-pyrrole nitrogens is 1. The lowest BCUT2D eigenvalue weighted by Gasteiger charge is -2.10. The molecule has 9 heteroatoms. The molecule has 0 aliphatic heterocycles. The zero-order valence-electron chi connectivity index (χ0n) is 11.4. The Morgan fingerprint density at radius 2 is 1.95 bits per heavy atom. The van der Waals surface area contributed by atoms with E-state index in [1.165, 1.54) is 7.11 Å². The van der Waals surface area contributed by atoms with Gasteiger partial charge in [0.2, 0.25) is 0 Å². The van der Waals surface area contributed by atoms with Crippen molar-refractivity contribution in [2.45, 2.75) is 6.18 Å². The number of aromatic amines is 1. The topological polar surface area (TPSA) is 64.2 Å². The van der Waals surface area contributed by atoms with Crippen molar-refractivity contribution in [3.05, 3.63) is 35.4 Å². The molecule has 2 aromatic rings. The second kappa shape index (κ2) is 5.66. The Bertz CT molecular complexity index is 710. The number of benzene rings is 1. The molecule has 5 nitrogen and oxygen atoms in total. The first kappa shape index (κ1) is 15.8.